The molecule has 1 aliphatic carbocycles. The maximum Gasteiger partial charge on any atom is 0.0841 e. The summed E-state index contributed by atoms with van der Waals surface area (Å²) < 4.78 is 0. The second kappa shape index (κ2) is 11.4. The van der Waals surface area contributed by atoms with E-state index in [9.17, 15) is 5.11 Å². The topological polar surface area (TPSA) is 42.3 Å². The van der Waals surface area contributed by atoms with Gasteiger partial charge in [-0.2, -0.15) is 0 Å². The van der Waals surface area contributed by atoms with E-state index in [1.807, 2.05) is 26.2 Å². The predicted molar refractivity (Wildman–Crippen MR) is 128 cm³/mol. The molecule has 0 saturated heterocycles. The molecule has 0 heterocycles. The molecule has 1 aromatic rings. The number of likely N-dealkylation sites (N-methyl/N-ethyl adjacent to an activating group) is 2. The van der Waals surface area contributed by atoms with Crippen LogP contribution in [0, 0.1) is 0 Å². The van der Waals surface area contributed by atoms with Gasteiger partial charge in [0.25, 0.3) is 0 Å². The molecule has 29 heavy (non-hydrogen) atoms. The van der Waals surface area contributed by atoms with Gasteiger partial charge in [-0.25, -0.2) is 0 Å². The van der Waals surface area contributed by atoms with E-state index in [-0.39, 0.29) is 6.10 Å². The molecule has 1 unspecified atom stereocenters. The molecule has 0 bridgehead atoms. The average Bonchev–Trinajstić information content (AvgIpc) is 2.72. The van der Waals surface area contributed by atoms with Crippen molar-refractivity contribution < 1.29 is 5.11 Å². The fourth-order valence-electron chi connectivity index (χ4n) is 3.39. The highest BCUT2D eigenvalue weighted by Gasteiger charge is 2.16. The van der Waals surface area contributed by atoms with Gasteiger partial charge in [0, 0.05) is 62.1 Å². The van der Waals surface area contributed by atoms with Crippen molar-refractivity contribution in [1.82, 2.24) is 9.80 Å². The van der Waals surface area contributed by atoms with Gasteiger partial charge in [0.15, 0.2) is 0 Å². The van der Waals surface area contributed by atoms with Crippen molar-refractivity contribution in [1.29, 1.82) is 0 Å². The van der Waals surface area contributed by atoms with Crippen molar-refractivity contribution in [2.45, 2.75) is 38.2 Å². The third-order valence-electron chi connectivity index (χ3n) is 5.25. The van der Waals surface area contributed by atoms with Gasteiger partial charge in [0.2, 0.25) is 0 Å². The molecular formula is C23H36N4OS. The van der Waals surface area contributed by atoms with Crippen molar-refractivity contribution in [2.75, 3.05) is 51.7 Å². The second-order valence-corrected chi connectivity index (χ2v) is 8.00. The molecule has 1 N–H and O–H groups in total. The number of aliphatic hydroxyl groups excluding tert-OH is 1. The van der Waals surface area contributed by atoms with Crippen LogP contribution in [-0.4, -0.2) is 73.5 Å². The van der Waals surface area contributed by atoms with Gasteiger partial charge in [-0.05, 0) is 50.4 Å². The van der Waals surface area contributed by atoms with Crippen LogP contribution in [0.2, 0.25) is 0 Å². The summed E-state index contributed by atoms with van der Waals surface area (Å²) in [5.41, 5.74) is 4.17. The summed E-state index contributed by atoms with van der Waals surface area (Å²) in [5.74, 6) is 0. The Balaban J connectivity index is 2.02. The van der Waals surface area contributed by atoms with E-state index in [0.717, 1.165) is 53.7 Å². The highest BCUT2D eigenvalue weighted by atomic mass is 32.1. The predicted octanol–water partition coefficient (Wildman–Crippen LogP) is 3.98. The lowest BCUT2D eigenvalue weighted by atomic mass is 10.1. The van der Waals surface area contributed by atoms with Crippen LogP contribution < -0.4 is 4.90 Å². The Bertz CT molecular complexity index is 753. The first kappa shape index (κ1) is 23.5. The zero-order valence-electron chi connectivity index (χ0n) is 18.5. The third kappa shape index (κ3) is 6.91. The molecule has 0 radical (unpaired) electrons. The van der Waals surface area contributed by atoms with E-state index in [1.54, 1.807) is 0 Å². The quantitative estimate of drug-likeness (QED) is 0.566. The number of benzene rings is 1. The number of nitrogens with zero attached hydrogens (tertiary/aromatic N) is 4. The summed E-state index contributed by atoms with van der Waals surface area (Å²) in [7, 11) is 4.03. The molecular weight excluding hydrogens is 380 g/mol. The Labute approximate surface area is 181 Å². The number of hydrogen-bond acceptors (Lipinski definition) is 6. The van der Waals surface area contributed by atoms with Crippen LogP contribution >= 0.6 is 12.6 Å². The van der Waals surface area contributed by atoms with E-state index in [4.69, 9.17) is 4.99 Å². The number of allylic oxidation sites excluding steroid dienone is 3. The summed E-state index contributed by atoms with van der Waals surface area (Å²) in [6, 6.07) is 6.11. The molecule has 5 nitrogen and oxygen atoms in total. The summed E-state index contributed by atoms with van der Waals surface area (Å²) >= 11 is 4.59. The monoisotopic (exact) mass is 416 g/mol. The lowest BCUT2D eigenvalue weighted by Gasteiger charge is -2.30. The second-order valence-electron chi connectivity index (χ2n) is 7.52. The van der Waals surface area contributed by atoms with Crippen LogP contribution in [0.3, 0.4) is 0 Å². The summed E-state index contributed by atoms with van der Waals surface area (Å²) in [6.07, 6.45) is 6.78. The first-order valence-electron chi connectivity index (χ1n) is 10.5. The van der Waals surface area contributed by atoms with Crippen molar-refractivity contribution in [3.8, 4) is 0 Å². The van der Waals surface area contributed by atoms with E-state index < -0.39 is 0 Å². The van der Waals surface area contributed by atoms with E-state index in [1.165, 1.54) is 0 Å². The highest BCUT2D eigenvalue weighted by molar-refractivity contribution is 7.80. The smallest absolute Gasteiger partial charge is 0.0841 e. The summed E-state index contributed by atoms with van der Waals surface area (Å²) in [5, 5.41) is 10.5. The van der Waals surface area contributed by atoms with Gasteiger partial charge in [-0.1, -0.05) is 19.9 Å². The Hall–Kier alpha value is -1.76. The van der Waals surface area contributed by atoms with Crippen LogP contribution in [0.25, 0.3) is 0 Å². The molecule has 0 amide bonds. The lowest BCUT2D eigenvalue weighted by Crippen LogP contribution is -2.40. The summed E-state index contributed by atoms with van der Waals surface area (Å²) in [6.45, 7) is 10.5. The zero-order chi connectivity index (χ0) is 21.4. The average molecular weight is 417 g/mol. The van der Waals surface area contributed by atoms with Crippen LogP contribution in [0.15, 0.2) is 52.0 Å². The minimum Gasteiger partial charge on any atom is -0.390 e. The normalized spacial score (nSPS) is 16.3. The molecule has 0 saturated carbocycles. The molecule has 160 valence electrons. The van der Waals surface area contributed by atoms with Crippen LogP contribution in [0.5, 0.6) is 0 Å². The fraction of sp³-hybridized carbons (Fsp3) is 0.522. The number of aliphatic hydroxyl groups is 1. The summed E-state index contributed by atoms with van der Waals surface area (Å²) in [4.78, 5) is 12.2. The number of hydrogen-bond donors (Lipinski definition) is 2. The molecule has 0 aromatic heterocycles. The van der Waals surface area contributed by atoms with Crippen molar-refractivity contribution in [3.05, 3.63) is 42.1 Å². The number of anilines is 1. The molecule has 0 spiro atoms. The molecule has 1 aliphatic rings. The minimum atomic E-state index is -0.360. The van der Waals surface area contributed by atoms with Gasteiger partial charge in [0.05, 0.1) is 11.8 Å². The van der Waals surface area contributed by atoms with Gasteiger partial charge in [0.1, 0.15) is 0 Å². The molecule has 0 fully saturated rings. The fourth-order valence-corrected chi connectivity index (χ4v) is 3.65. The van der Waals surface area contributed by atoms with Crippen LogP contribution in [0.4, 0.5) is 11.4 Å². The third-order valence-corrected chi connectivity index (χ3v) is 5.61. The van der Waals surface area contributed by atoms with Gasteiger partial charge in [-0.15, -0.1) is 12.6 Å². The van der Waals surface area contributed by atoms with E-state index >= 15 is 0 Å². The van der Waals surface area contributed by atoms with Crippen molar-refractivity contribution in [2.24, 2.45) is 4.99 Å². The molecule has 2 rings (SSSR count). The van der Waals surface area contributed by atoms with Gasteiger partial charge < -0.3 is 19.8 Å². The largest absolute Gasteiger partial charge is 0.390 e. The number of rotatable bonds is 10. The molecule has 1 aromatic carbocycles. The Kier molecular flexibility index (Phi) is 9.27. The Morgan fingerprint density at radius 1 is 1.07 bits per heavy atom. The molecule has 0 aliphatic heterocycles. The Morgan fingerprint density at radius 3 is 2.31 bits per heavy atom. The van der Waals surface area contributed by atoms with Crippen LogP contribution in [0.1, 0.15) is 27.2 Å². The van der Waals surface area contributed by atoms with Crippen molar-refractivity contribution >= 4 is 29.7 Å². The van der Waals surface area contributed by atoms with E-state index in [0.29, 0.717) is 13.1 Å². The maximum atomic E-state index is 10.5. The maximum absolute atomic E-state index is 10.5. The SMILES string of the molecule is CCN(CC)CC(O)CN(CC)C1=CCC(=Nc2ccc(N(C)C)cc2S)C=C1. The first-order valence-corrected chi connectivity index (χ1v) is 10.9. The number of aliphatic imine (C=N–C) groups is 1. The lowest BCUT2D eigenvalue weighted by molar-refractivity contribution is 0.0903. The minimum absolute atomic E-state index is 0.360. The molecule has 1 atom stereocenters. The van der Waals surface area contributed by atoms with Crippen molar-refractivity contribution in [3.63, 3.8) is 0 Å². The highest BCUT2D eigenvalue weighted by Crippen LogP contribution is 2.28. The Morgan fingerprint density at radius 2 is 1.79 bits per heavy atom. The van der Waals surface area contributed by atoms with Crippen LogP contribution in [-0.2, 0) is 0 Å². The standard InChI is InChI=1S/C23H36N4OS/c1-6-26(7-2)16-21(28)17-27(8-3)19-11-9-18(10-12-19)24-22-14-13-20(25(4)5)15-23(22)29/h9,11-15,21,28-29H,6-8,10,16-17H2,1-5H3. The molecule has 6 heteroatoms. The van der Waals surface area contributed by atoms with Gasteiger partial charge in [-0.3, -0.25) is 4.99 Å². The number of thiol groups is 1. The van der Waals surface area contributed by atoms with E-state index in [2.05, 4.69) is 72.4 Å². The zero-order valence-corrected chi connectivity index (χ0v) is 19.4. The van der Waals surface area contributed by atoms with Gasteiger partial charge >= 0.3 is 0 Å². The first-order chi connectivity index (χ1) is 13.9.